The van der Waals surface area contributed by atoms with Crippen LogP contribution in [-0.2, 0) is 4.74 Å². The van der Waals surface area contributed by atoms with Gasteiger partial charge < -0.3 is 4.74 Å². The van der Waals surface area contributed by atoms with Crippen LogP contribution in [0.2, 0.25) is 0 Å². The number of nitrogens with zero attached hydrogens (tertiary/aromatic N) is 1. The SMILES string of the molecule is CCCSC1=CC(C)=CCC(OC)=N1. The normalized spacial score (nSPS) is 16.6. The fraction of sp³-hybridized carbons (Fsp3) is 0.545. The fourth-order valence-electron chi connectivity index (χ4n) is 1.11. The number of allylic oxidation sites excluding steroid dienone is 2. The van der Waals surface area contributed by atoms with Crippen molar-refractivity contribution in [1.82, 2.24) is 0 Å². The molecule has 1 aliphatic heterocycles. The highest BCUT2D eigenvalue weighted by molar-refractivity contribution is 8.03. The first-order valence-electron chi connectivity index (χ1n) is 4.89. The molecule has 1 rings (SSSR count). The number of hydrogen-bond donors (Lipinski definition) is 0. The molecule has 3 heteroatoms. The Morgan fingerprint density at radius 2 is 2.36 bits per heavy atom. The van der Waals surface area contributed by atoms with Gasteiger partial charge in [0.15, 0.2) is 5.90 Å². The predicted octanol–water partition coefficient (Wildman–Crippen LogP) is 3.37. The average Bonchev–Trinajstić information content (AvgIpc) is 2.37. The van der Waals surface area contributed by atoms with E-state index >= 15 is 0 Å². The summed E-state index contributed by atoms with van der Waals surface area (Å²) in [7, 11) is 1.68. The average molecular weight is 211 g/mol. The van der Waals surface area contributed by atoms with Crippen molar-refractivity contribution in [3.63, 3.8) is 0 Å². The summed E-state index contributed by atoms with van der Waals surface area (Å²) >= 11 is 1.79. The van der Waals surface area contributed by atoms with Gasteiger partial charge in [-0.15, -0.1) is 11.8 Å². The summed E-state index contributed by atoms with van der Waals surface area (Å²) in [6.07, 6.45) is 6.23. The molecule has 0 saturated heterocycles. The summed E-state index contributed by atoms with van der Waals surface area (Å²) in [5.74, 6) is 1.91. The maximum Gasteiger partial charge on any atom is 0.192 e. The maximum absolute atomic E-state index is 5.18. The van der Waals surface area contributed by atoms with E-state index in [4.69, 9.17) is 4.74 Å². The molecule has 0 spiro atoms. The summed E-state index contributed by atoms with van der Waals surface area (Å²) in [6.45, 7) is 4.27. The van der Waals surface area contributed by atoms with Gasteiger partial charge >= 0.3 is 0 Å². The van der Waals surface area contributed by atoms with Crippen LogP contribution in [-0.4, -0.2) is 18.8 Å². The highest BCUT2D eigenvalue weighted by Gasteiger charge is 2.05. The minimum atomic E-state index is 0.801. The lowest BCUT2D eigenvalue weighted by molar-refractivity contribution is 0.395. The molecule has 0 N–H and O–H groups in total. The molecule has 14 heavy (non-hydrogen) atoms. The highest BCUT2D eigenvalue weighted by atomic mass is 32.2. The van der Waals surface area contributed by atoms with E-state index in [0.717, 1.165) is 23.1 Å². The third-order valence-corrected chi connectivity index (χ3v) is 2.99. The van der Waals surface area contributed by atoms with E-state index in [0.29, 0.717) is 0 Å². The Balaban J connectivity index is 2.72. The minimum Gasteiger partial charge on any atom is -0.484 e. The predicted molar refractivity (Wildman–Crippen MR) is 63.7 cm³/mol. The van der Waals surface area contributed by atoms with Crippen molar-refractivity contribution in [2.24, 2.45) is 4.99 Å². The Morgan fingerprint density at radius 1 is 1.57 bits per heavy atom. The molecule has 2 nitrogen and oxygen atoms in total. The maximum atomic E-state index is 5.18. The summed E-state index contributed by atoms with van der Waals surface area (Å²) in [4.78, 5) is 4.45. The second kappa shape index (κ2) is 5.91. The van der Waals surface area contributed by atoms with E-state index in [-0.39, 0.29) is 0 Å². The van der Waals surface area contributed by atoms with Gasteiger partial charge in [0.25, 0.3) is 0 Å². The third kappa shape index (κ3) is 3.58. The van der Waals surface area contributed by atoms with E-state index in [1.54, 1.807) is 18.9 Å². The smallest absolute Gasteiger partial charge is 0.192 e. The molecule has 0 bridgehead atoms. The fourth-order valence-corrected chi connectivity index (χ4v) is 1.96. The van der Waals surface area contributed by atoms with Crippen LogP contribution in [0.4, 0.5) is 0 Å². The second-order valence-electron chi connectivity index (χ2n) is 3.19. The summed E-state index contributed by atoms with van der Waals surface area (Å²) < 4.78 is 5.18. The molecule has 1 heterocycles. The van der Waals surface area contributed by atoms with Crippen LogP contribution in [0, 0.1) is 0 Å². The summed E-state index contributed by atoms with van der Waals surface area (Å²) in [5.41, 5.74) is 1.26. The topological polar surface area (TPSA) is 21.6 Å². The van der Waals surface area contributed by atoms with E-state index in [1.807, 2.05) is 0 Å². The van der Waals surface area contributed by atoms with Crippen molar-refractivity contribution in [1.29, 1.82) is 0 Å². The van der Waals surface area contributed by atoms with Gasteiger partial charge in [-0.1, -0.05) is 18.6 Å². The Labute approximate surface area is 90.1 Å². The number of methoxy groups -OCH3 is 1. The number of aliphatic imine (C=N–C) groups is 1. The molecule has 0 atom stereocenters. The van der Waals surface area contributed by atoms with Crippen LogP contribution < -0.4 is 0 Å². The minimum absolute atomic E-state index is 0.801. The first kappa shape index (κ1) is 11.4. The van der Waals surface area contributed by atoms with Crippen molar-refractivity contribution in [2.75, 3.05) is 12.9 Å². The molecule has 0 saturated carbocycles. The van der Waals surface area contributed by atoms with E-state index in [9.17, 15) is 0 Å². The molecule has 0 radical (unpaired) electrons. The lowest BCUT2D eigenvalue weighted by atomic mass is 10.2. The number of ether oxygens (including phenoxy) is 1. The highest BCUT2D eigenvalue weighted by Crippen LogP contribution is 2.23. The van der Waals surface area contributed by atoms with Gasteiger partial charge in [0.05, 0.1) is 12.1 Å². The molecule has 0 aromatic rings. The monoisotopic (exact) mass is 211 g/mol. The molecule has 1 aliphatic rings. The number of thioether (sulfide) groups is 1. The van der Waals surface area contributed by atoms with Crippen molar-refractivity contribution in [3.05, 3.63) is 22.8 Å². The molecule has 0 aromatic heterocycles. The van der Waals surface area contributed by atoms with Crippen LogP contribution in [0.5, 0.6) is 0 Å². The summed E-state index contributed by atoms with van der Waals surface area (Å²) in [6, 6.07) is 0. The van der Waals surface area contributed by atoms with Gasteiger partial charge in [-0.05, 0) is 25.2 Å². The largest absolute Gasteiger partial charge is 0.484 e. The van der Waals surface area contributed by atoms with Crippen LogP contribution >= 0.6 is 11.8 Å². The summed E-state index contributed by atoms with van der Waals surface area (Å²) in [5, 5.41) is 1.06. The van der Waals surface area contributed by atoms with E-state index < -0.39 is 0 Å². The quantitative estimate of drug-likeness (QED) is 0.714. The van der Waals surface area contributed by atoms with Crippen LogP contribution in [0.1, 0.15) is 26.7 Å². The van der Waals surface area contributed by atoms with Crippen LogP contribution in [0.25, 0.3) is 0 Å². The van der Waals surface area contributed by atoms with Crippen LogP contribution in [0.3, 0.4) is 0 Å². The molecule has 78 valence electrons. The Hall–Kier alpha value is -0.700. The molecular weight excluding hydrogens is 194 g/mol. The van der Waals surface area contributed by atoms with Crippen molar-refractivity contribution >= 4 is 17.7 Å². The van der Waals surface area contributed by atoms with Gasteiger partial charge in [0.1, 0.15) is 0 Å². The zero-order valence-electron chi connectivity index (χ0n) is 9.04. The van der Waals surface area contributed by atoms with Crippen LogP contribution in [0.15, 0.2) is 27.7 Å². The van der Waals surface area contributed by atoms with E-state index in [2.05, 4.69) is 31.0 Å². The Morgan fingerprint density at radius 3 is 3.00 bits per heavy atom. The number of rotatable bonds is 3. The third-order valence-electron chi connectivity index (χ3n) is 1.87. The van der Waals surface area contributed by atoms with Crippen molar-refractivity contribution < 1.29 is 4.74 Å². The lowest BCUT2D eigenvalue weighted by Gasteiger charge is -2.02. The standard InChI is InChI=1S/C11H17NOS/c1-4-7-14-11-8-9(2)5-6-10(12-11)13-3/h5,8H,4,6-7H2,1-3H3. The molecule has 0 unspecified atom stereocenters. The van der Waals surface area contributed by atoms with Gasteiger partial charge in [-0.3, -0.25) is 0 Å². The molecule has 0 fully saturated rings. The first-order chi connectivity index (χ1) is 6.76. The molecule has 0 amide bonds. The molecule has 0 aliphatic carbocycles. The lowest BCUT2D eigenvalue weighted by Crippen LogP contribution is -1.98. The van der Waals surface area contributed by atoms with Gasteiger partial charge in [-0.2, -0.15) is 0 Å². The Kier molecular flexibility index (Phi) is 4.80. The zero-order chi connectivity index (χ0) is 10.4. The van der Waals surface area contributed by atoms with E-state index in [1.165, 1.54) is 12.0 Å². The van der Waals surface area contributed by atoms with Gasteiger partial charge in [0, 0.05) is 6.42 Å². The van der Waals surface area contributed by atoms with Crippen molar-refractivity contribution in [2.45, 2.75) is 26.7 Å². The van der Waals surface area contributed by atoms with Gasteiger partial charge in [0.2, 0.25) is 0 Å². The molecule has 0 aromatic carbocycles. The Bertz CT molecular complexity index is 279. The van der Waals surface area contributed by atoms with Gasteiger partial charge in [-0.25, -0.2) is 4.99 Å². The molecular formula is C11H17NOS. The van der Waals surface area contributed by atoms with Crippen molar-refractivity contribution in [3.8, 4) is 0 Å². The zero-order valence-corrected chi connectivity index (χ0v) is 9.86. The number of hydrogen-bond acceptors (Lipinski definition) is 3. The first-order valence-corrected chi connectivity index (χ1v) is 5.87. The second-order valence-corrected chi connectivity index (χ2v) is 4.31.